The Morgan fingerprint density at radius 1 is 1.34 bits per heavy atom. The van der Waals surface area contributed by atoms with Crippen LogP contribution in [-0.2, 0) is 19.9 Å². The normalized spacial score (nSPS) is 15.9. The van der Waals surface area contributed by atoms with E-state index in [0.717, 1.165) is 50.0 Å². The van der Waals surface area contributed by atoms with Gasteiger partial charge in [-0.1, -0.05) is 13.8 Å². The molecular formula is C20H30Cl2N4O3. The first-order valence-corrected chi connectivity index (χ1v) is 9.67. The van der Waals surface area contributed by atoms with Crippen LogP contribution in [0.25, 0.3) is 0 Å². The van der Waals surface area contributed by atoms with Crippen molar-refractivity contribution < 1.29 is 9.21 Å². The first kappa shape index (κ1) is 25.2. The summed E-state index contributed by atoms with van der Waals surface area (Å²) in [7, 11) is 1.79. The van der Waals surface area contributed by atoms with E-state index < -0.39 is 11.5 Å². The smallest absolute Gasteiger partial charge is 0.349 e. The Bertz CT molecular complexity index is 902. The van der Waals surface area contributed by atoms with Gasteiger partial charge in [0.1, 0.15) is 17.1 Å². The third-order valence-electron chi connectivity index (χ3n) is 5.24. The third kappa shape index (κ3) is 5.21. The molecule has 1 aliphatic heterocycles. The van der Waals surface area contributed by atoms with E-state index in [-0.39, 0.29) is 36.3 Å². The van der Waals surface area contributed by atoms with Crippen molar-refractivity contribution >= 4 is 36.5 Å². The fraction of sp³-hybridized carbons (Fsp3) is 0.550. The van der Waals surface area contributed by atoms with E-state index in [2.05, 4.69) is 15.7 Å². The second kappa shape index (κ2) is 10.8. The summed E-state index contributed by atoms with van der Waals surface area (Å²) in [5.74, 6) is 1.02. The van der Waals surface area contributed by atoms with Gasteiger partial charge in [-0.2, -0.15) is 5.10 Å². The van der Waals surface area contributed by atoms with E-state index in [1.807, 2.05) is 19.9 Å². The average Bonchev–Trinajstić information content (AvgIpc) is 2.96. The summed E-state index contributed by atoms with van der Waals surface area (Å²) in [5.41, 5.74) is 2.08. The lowest BCUT2D eigenvalue weighted by Crippen LogP contribution is -2.30. The molecule has 3 heterocycles. The number of amides is 1. The Kier molecular flexibility index (Phi) is 9.39. The maximum absolute atomic E-state index is 12.8. The van der Waals surface area contributed by atoms with Gasteiger partial charge in [0.2, 0.25) is 0 Å². The lowest BCUT2D eigenvalue weighted by Gasteiger charge is -2.22. The highest BCUT2D eigenvalue weighted by Crippen LogP contribution is 2.25. The molecule has 0 spiro atoms. The molecule has 162 valence electrons. The molecule has 9 heteroatoms. The maximum Gasteiger partial charge on any atom is 0.349 e. The van der Waals surface area contributed by atoms with Crippen molar-refractivity contribution in [3.8, 4) is 0 Å². The number of nitrogens with one attached hydrogen (secondary N) is 2. The van der Waals surface area contributed by atoms with Crippen LogP contribution in [0.2, 0.25) is 0 Å². The minimum absolute atomic E-state index is 0. The van der Waals surface area contributed by atoms with Gasteiger partial charge < -0.3 is 15.1 Å². The second-order valence-electron chi connectivity index (χ2n) is 7.10. The summed E-state index contributed by atoms with van der Waals surface area (Å²) < 4.78 is 7.18. The number of aromatic nitrogens is 2. The van der Waals surface area contributed by atoms with Crippen LogP contribution < -0.4 is 16.3 Å². The third-order valence-corrected chi connectivity index (χ3v) is 5.24. The van der Waals surface area contributed by atoms with Crippen molar-refractivity contribution in [2.24, 2.45) is 7.05 Å². The lowest BCUT2D eigenvalue weighted by molar-refractivity contribution is 0.102. The predicted octanol–water partition coefficient (Wildman–Crippen LogP) is 3.37. The van der Waals surface area contributed by atoms with E-state index in [1.165, 1.54) is 0 Å². The van der Waals surface area contributed by atoms with Crippen molar-refractivity contribution in [3.63, 3.8) is 0 Å². The minimum Gasteiger partial charge on any atom is -0.427 e. The molecule has 29 heavy (non-hydrogen) atoms. The highest BCUT2D eigenvalue weighted by atomic mass is 35.5. The molecule has 7 nitrogen and oxygen atoms in total. The summed E-state index contributed by atoms with van der Waals surface area (Å²) in [6.45, 7) is 7.63. The summed E-state index contributed by atoms with van der Waals surface area (Å²) in [5, 5.41) is 10.6. The van der Waals surface area contributed by atoms with Crippen molar-refractivity contribution in [3.05, 3.63) is 44.6 Å². The molecule has 1 fully saturated rings. The van der Waals surface area contributed by atoms with Gasteiger partial charge >= 0.3 is 5.63 Å². The molecule has 2 N–H and O–H groups in total. The van der Waals surface area contributed by atoms with Gasteiger partial charge in [0, 0.05) is 25.1 Å². The molecule has 1 atom stereocenters. The number of aryl methyl sites for hydroxylation is 3. The maximum atomic E-state index is 12.8. The zero-order valence-electron chi connectivity index (χ0n) is 17.3. The van der Waals surface area contributed by atoms with Crippen LogP contribution in [-0.4, -0.2) is 28.8 Å². The first-order valence-electron chi connectivity index (χ1n) is 9.67. The quantitative estimate of drug-likeness (QED) is 0.737. The Morgan fingerprint density at radius 3 is 2.62 bits per heavy atom. The number of piperidine rings is 1. The van der Waals surface area contributed by atoms with Gasteiger partial charge in [-0.25, -0.2) is 4.79 Å². The van der Waals surface area contributed by atoms with E-state index in [9.17, 15) is 9.59 Å². The van der Waals surface area contributed by atoms with Crippen molar-refractivity contribution in [2.45, 2.75) is 52.4 Å². The van der Waals surface area contributed by atoms with Gasteiger partial charge in [0.15, 0.2) is 0 Å². The number of carbonyl (C=O) groups excluding carboxylic acids is 1. The van der Waals surface area contributed by atoms with E-state index in [4.69, 9.17) is 4.42 Å². The molecular weight excluding hydrogens is 415 g/mol. The summed E-state index contributed by atoms with van der Waals surface area (Å²) in [6, 6.07) is 1.83. The molecule has 2 aromatic rings. The van der Waals surface area contributed by atoms with Crippen LogP contribution in [0.15, 0.2) is 15.3 Å². The van der Waals surface area contributed by atoms with Gasteiger partial charge in [0.25, 0.3) is 5.91 Å². The predicted molar refractivity (Wildman–Crippen MR) is 119 cm³/mol. The number of hydrogen-bond donors (Lipinski definition) is 2. The zero-order chi connectivity index (χ0) is 19.6. The van der Waals surface area contributed by atoms with Crippen molar-refractivity contribution in [2.75, 3.05) is 18.4 Å². The molecule has 1 saturated heterocycles. The molecule has 1 amide bonds. The van der Waals surface area contributed by atoms with E-state index >= 15 is 0 Å². The van der Waals surface area contributed by atoms with Crippen LogP contribution in [0.5, 0.6) is 0 Å². The van der Waals surface area contributed by atoms with Gasteiger partial charge in [-0.05, 0) is 50.8 Å². The Hall–Kier alpha value is -1.83. The fourth-order valence-corrected chi connectivity index (χ4v) is 3.81. The molecule has 0 saturated carbocycles. The fourth-order valence-electron chi connectivity index (χ4n) is 3.81. The molecule has 0 bridgehead atoms. The van der Waals surface area contributed by atoms with Crippen LogP contribution in [0.1, 0.15) is 65.5 Å². The number of rotatable bonds is 5. The zero-order valence-corrected chi connectivity index (χ0v) is 19.0. The summed E-state index contributed by atoms with van der Waals surface area (Å²) in [4.78, 5) is 25.4. The van der Waals surface area contributed by atoms with Gasteiger partial charge in [0.05, 0.1) is 5.69 Å². The van der Waals surface area contributed by atoms with Crippen LogP contribution in [0, 0.1) is 6.92 Å². The monoisotopic (exact) mass is 444 g/mol. The van der Waals surface area contributed by atoms with Crippen LogP contribution in [0.4, 0.5) is 5.82 Å². The molecule has 0 aliphatic carbocycles. The molecule has 0 radical (unpaired) electrons. The topological polar surface area (TPSA) is 89.2 Å². The lowest BCUT2D eigenvalue weighted by atomic mass is 9.95. The Labute approximate surface area is 183 Å². The van der Waals surface area contributed by atoms with E-state index in [0.29, 0.717) is 17.1 Å². The van der Waals surface area contributed by atoms with Crippen LogP contribution >= 0.6 is 24.8 Å². The first-order chi connectivity index (χ1) is 13.0. The second-order valence-corrected chi connectivity index (χ2v) is 7.10. The molecule has 2 aromatic heterocycles. The number of halogens is 2. The number of nitrogens with zero attached hydrogens (tertiary/aromatic N) is 2. The number of hydrogen-bond acceptors (Lipinski definition) is 5. The van der Waals surface area contributed by atoms with E-state index in [1.54, 1.807) is 18.7 Å². The molecule has 1 aliphatic rings. The Morgan fingerprint density at radius 2 is 2.07 bits per heavy atom. The van der Waals surface area contributed by atoms with Crippen LogP contribution in [0.3, 0.4) is 0 Å². The average molecular weight is 445 g/mol. The highest BCUT2D eigenvalue weighted by Gasteiger charge is 2.24. The van der Waals surface area contributed by atoms with Crippen molar-refractivity contribution in [1.82, 2.24) is 15.1 Å². The Balaban J connectivity index is 0.00000210. The van der Waals surface area contributed by atoms with Gasteiger partial charge in [-0.15, -0.1) is 24.8 Å². The molecule has 0 aromatic carbocycles. The number of anilines is 1. The summed E-state index contributed by atoms with van der Waals surface area (Å²) in [6.07, 6.45) is 3.58. The van der Waals surface area contributed by atoms with Crippen molar-refractivity contribution in [1.29, 1.82) is 0 Å². The highest BCUT2D eigenvalue weighted by molar-refractivity contribution is 6.04. The largest absolute Gasteiger partial charge is 0.427 e. The minimum atomic E-state index is -0.580. The molecule has 3 rings (SSSR count). The summed E-state index contributed by atoms with van der Waals surface area (Å²) >= 11 is 0. The standard InChI is InChI=1S/C20H28N4O3.2ClH/c1-5-14-15(6-2)23-24(4)18(14)22-19(25)17-12(3)10-16(27-20(17)26)13-8-7-9-21-11-13;;/h10,13,21H,5-9,11H2,1-4H3,(H,22,25);2*1H. The number of carbonyl (C=O) groups is 1. The SMILES string of the molecule is CCc1nn(C)c(NC(=O)c2c(C)cc(C3CCCNC3)oc2=O)c1CC.Cl.Cl. The molecule has 1 unspecified atom stereocenters. The van der Waals surface area contributed by atoms with Gasteiger partial charge in [-0.3, -0.25) is 9.48 Å².